The molecule has 1 fully saturated rings. The molecule has 0 aliphatic heterocycles. The lowest BCUT2D eigenvalue weighted by Gasteiger charge is -2.12. The average molecular weight is 206 g/mol. The molecule has 2 N–H and O–H groups in total. The predicted molar refractivity (Wildman–Crippen MR) is 55.7 cm³/mol. The number of hydrogen-bond acceptors (Lipinski definition) is 2. The summed E-state index contributed by atoms with van der Waals surface area (Å²) in [6.07, 6.45) is 0.544. The second-order valence-electron chi connectivity index (χ2n) is 4.23. The molecule has 0 bridgehead atoms. The Labute approximate surface area is 88.4 Å². The van der Waals surface area contributed by atoms with Gasteiger partial charge in [-0.1, -0.05) is 29.8 Å². The summed E-state index contributed by atoms with van der Waals surface area (Å²) in [5.41, 5.74) is 1.03. The highest BCUT2D eigenvalue weighted by Crippen LogP contribution is 2.54. The number of aliphatic hydroxyl groups is 1. The molecule has 80 valence electrons. The smallest absolute Gasteiger partial charge is 0.314 e. The van der Waals surface area contributed by atoms with Gasteiger partial charge >= 0.3 is 5.97 Å². The molecule has 1 aliphatic carbocycles. The third kappa shape index (κ3) is 1.43. The average Bonchev–Trinajstić information content (AvgIpc) is 2.93. The normalized spacial score (nSPS) is 28.8. The highest BCUT2D eigenvalue weighted by molar-refractivity contribution is 5.86. The summed E-state index contributed by atoms with van der Waals surface area (Å²) in [6.45, 7) is 1.88. The van der Waals surface area contributed by atoms with E-state index < -0.39 is 11.4 Å². The molecule has 0 saturated heterocycles. The maximum Gasteiger partial charge on any atom is 0.314 e. The van der Waals surface area contributed by atoms with Crippen molar-refractivity contribution in [1.29, 1.82) is 0 Å². The summed E-state index contributed by atoms with van der Waals surface area (Å²) < 4.78 is 0. The zero-order valence-corrected chi connectivity index (χ0v) is 8.60. The first kappa shape index (κ1) is 10.2. The van der Waals surface area contributed by atoms with Crippen molar-refractivity contribution in [3.05, 3.63) is 35.4 Å². The van der Waals surface area contributed by atoms with Crippen molar-refractivity contribution >= 4 is 5.97 Å². The van der Waals surface area contributed by atoms with Gasteiger partial charge in [-0.3, -0.25) is 4.79 Å². The highest BCUT2D eigenvalue weighted by Gasteiger charge is 2.61. The summed E-state index contributed by atoms with van der Waals surface area (Å²) in [5.74, 6) is -0.955. The Morgan fingerprint density at radius 3 is 2.80 bits per heavy atom. The monoisotopic (exact) mass is 206 g/mol. The molecule has 0 aromatic heterocycles. The van der Waals surface area contributed by atoms with Crippen LogP contribution in [-0.4, -0.2) is 22.8 Å². The van der Waals surface area contributed by atoms with Gasteiger partial charge in [0.2, 0.25) is 0 Å². The zero-order chi connectivity index (χ0) is 11.1. The number of carboxylic acids is 1. The largest absolute Gasteiger partial charge is 0.481 e. The molecule has 1 aromatic carbocycles. The summed E-state index contributed by atoms with van der Waals surface area (Å²) in [7, 11) is 0. The van der Waals surface area contributed by atoms with Gasteiger partial charge in [-0.05, 0) is 18.9 Å². The Morgan fingerprint density at radius 1 is 1.60 bits per heavy atom. The lowest BCUT2D eigenvalue weighted by Crippen LogP contribution is -2.23. The number of aliphatic carboxylic acids is 1. The van der Waals surface area contributed by atoms with E-state index >= 15 is 0 Å². The van der Waals surface area contributed by atoms with E-state index in [-0.39, 0.29) is 12.5 Å². The van der Waals surface area contributed by atoms with E-state index in [0.717, 1.165) is 11.1 Å². The van der Waals surface area contributed by atoms with E-state index in [2.05, 4.69) is 0 Å². The fraction of sp³-hybridized carbons (Fsp3) is 0.417. The van der Waals surface area contributed by atoms with Gasteiger partial charge in [-0.2, -0.15) is 0 Å². The minimum Gasteiger partial charge on any atom is -0.481 e. The maximum absolute atomic E-state index is 11.3. The fourth-order valence-electron chi connectivity index (χ4n) is 2.21. The number of aryl methyl sites for hydroxylation is 1. The number of aliphatic hydroxyl groups excluding tert-OH is 1. The standard InChI is InChI=1S/C12H14O3/c1-8-3-2-4-9(5-8)12(11(14)15)6-10(12)7-13/h2-5,10,13H,6-7H2,1H3,(H,14,15)/t10-,12+/m0/s1. The minimum atomic E-state index is -0.833. The van der Waals surface area contributed by atoms with Crippen LogP contribution >= 0.6 is 0 Å². The van der Waals surface area contributed by atoms with Crippen molar-refractivity contribution < 1.29 is 15.0 Å². The van der Waals surface area contributed by atoms with Crippen LogP contribution in [0.1, 0.15) is 17.5 Å². The van der Waals surface area contributed by atoms with Gasteiger partial charge in [0.1, 0.15) is 0 Å². The summed E-state index contributed by atoms with van der Waals surface area (Å²) in [5, 5.41) is 18.3. The number of carbonyl (C=O) groups is 1. The van der Waals surface area contributed by atoms with Crippen LogP contribution in [0.5, 0.6) is 0 Å². The van der Waals surface area contributed by atoms with E-state index in [0.29, 0.717) is 6.42 Å². The van der Waals surface area contributed by atoms with Gasteiger partial charge in [0.15, 0.2) is 0 Å². The lowest BCUT2D eigenvalue weighted by atomic mass is 9.92. The van der Waals surface area contributed by atoms with Gasteiger partial charge in [-0.15, -0.1) is 0 Å². The topological polar surface area (TPSA) is 57.5 Å². The molecule has 0 radical (unpaired) electrons. The number of hydrogen-bond donors (Lipinski definition) is 2. The molecular weight excluding hydrogens is 192 g/mol. The van der Waals surface area contributed by atoms with Crippen molar-refractivity contribution in [2.24, 2.45) is 5.92 Å². The SMILES string of the molecule is Cc1cccc([C@]2(C(=O)O)C[C@H]2CO)c1. The van der Waals surface area contributed by atoms with E-state index in [4.69, 9.17) is 5.11 Å². The Hall–Kier alpha value is -1.35. The highest BCUT2D eigenvalue weighted by atomic mass is 16.4. The first-order chi connectivity index (χ1) is 7.11. The third-order valence-electron chi connectivity index (χ3n) is 3.24. The summed E-state index contributed by atoms with van der Waals surface area (Å²) in [4.78, 5) is 11.3. The molecule has 2 rings (SSSR count). The molecule has 0 unspecified atom stereocenters. The van der Waals surface area contributed by atoms with Crippen LogP contribution in [0.15, 0.2) is 24.3 Å². The molecule has 0 amide bonds. The van der Waals surface area contributed by atoms with Crippen molar-refractivity contribution in [2.45, 2.75) is 18.8 Å². The first-order valence-corrected chi connectivity index (χ1v) is 5.02. The van der Waals surface area contributed by atoms with E-state index in [9.17, 15) is 9.90 Å². The van der Waals surface area contributed by atoms with Crippen LogP contribution in [0.3, 0.4) is 0 Å². The quantitative estimate of drug-likeness (QED) is 0.784. The van der Waals surface area contributed by atoms with Crippen LogP contribution < -0.4 is 0 Å². The number of carboxylic acid groups (broad SMARTS) is 1. The van der Waals surface area contributed by atoms with Crippen LogP contribution in [0, 0.1) is 12.8 Å². The van der Waals surface area contributed by atoms with Crippen LogP contribution in [0.25, 0.3) is 0 Å². The van der Waals surface area contributed by atoms with Gasteiger partial charge < -0.3 is 10.2 Å². The van der Waals surface area contributed by atoms with Crippen LogP contribution in [-0.2, 0) is 10.2 Å². The van der Waals surface area contributed by atoms with Crippen LogP contribution in [0.4, 0.5) is 0 Å². The Bertz CT molecular complexity index is 400. The second kappa shape index (κ2) is 3.35. The number of benzene rings is 1. The third-order valence-corrected chi connectivity index (χ3v) is 3.24. The van der Waals surface area contributed by atoms with Crippen molar-refractivity contribution in [2.75, 3.05) is 6.61 Å². The van der Waals surface area contributed by atoms with Gasteiger partial charge in [-0.25, -0.2) is 0 Å². The minimum absolute atomic E-state index is 0.0553. The maximum atomic E-state index is 11.3. The van der Waals surface area contributed by atoms with Crippen molar-refractivity contribution in [3.8, 4) is 0 Å². The molecule has 15 heavy (non-hydrogen) atoms. The van der Waals surface area contributed by atoms with Crippen molar-refractivity contribution in [3.63, 3.8) is 0 Å². The van der Waals surface area contributed by atoms with E-state index in [1.54, 1.807) is 0 Å². The van der Waals surface area contributed by atoms with Gasteiger partial charge in [0.05, 0.1) is 5.41 Å². The van der Waals surface area contributed by atoms with Crippen molar-refractivity contribution in [1.82, 2.24) is 0 Å². The molecular formula is C12H14O3. The molecule has 1 aromatic rings. The van der Waals surface area contributed by atoms with Gasteiger partial charge in [0, 0.05) is 12.5 Å². The molecule has 0 heterocycles. The molecule has 3 nitrogen and oxygen atoms in total. The fourth-order valence-corrected chi connectivity index (χ4v) is 2.21. The van der Waals surface area contributed by atoms with Crippen LogP contribution in [0.2, 0.25) is 0 Å². The predicted octanol–water partition coefficient (Wildman–Crippen LogP) is 1.33. The molecule has 1 saturated carbocycles. The van der Waals surface area contributed by atoms with Gasteiger partial charge in [0.25, 0.3) is 0 Å². The number of rotatable bonds is 3. The first-order valence-electron chi connectivity index (χ1n) is 5.02. The Balaban J connectivity index is 2.40. The molecule has 0 spiro atoms. The molecule has 1 aliphatic rings. The molecule has 3 heteroatoms. The lowest BCUT2D eigenvalue weighted by molar-refractivity contribution is -0.140. The molecule has 2 atom stereocenters. The summed E-state index contributed by atoms with van der Waals surface area (Å²) >= 11 is 0. The Morgan fingerprint density at radius 2 is 2.33 bits per heavy atom. The summed E-state index contributed by atoms with van der Waals surface area (Å²) in [6, 6.07) is 7.53. The second-order valence-corrected chi connectivity index (χ2v) is 4.23. The van der Waals surface area contributed by atoms with E-state index in [1.165, 1.54) is 0 Å². The van der Waals surface area contributed by atoms with E-state index in [1.807, 2.05) is 31.2 Å². The Kier molecular flexibility index (Phi) is 2.27. The zero-order valence-electron chi connectivity index (χ0n) is 8.60.